The summed E-state index contributed by atoms with van der Waals surface area (Å²) in [5.74, 6) is 2.40. The Labute approximate surface area is 220 Å². The van der Waals surface area contributed by atoms with E-state index in [1.165, 1.54) is 43.5 Å². The van der Waals surface area contributed by atoms with Crippen LogP contribution < -0.4 is 10.6 Å². The third-order valence-electron chi connectivity index (χ3n) is 8.78. The number of hydrogen-bond acceptors (Lipinski definition) is 3. The number of hydrogen-bond donors (Lipinski definition) is 3. The summed E-state index contributed by atoms with van der Waals surface area (Å²) < 4.78 is 13.1. The van der Waals surface area contributed by atoms with E-state index in [9.17, 15) is 14.0 Å². The molecule has 0 saturated heterocycles. The standard InChI is InChI=1S/C31H29FN4O2/c32-23-5-1-22(2-6-23)29(37)33-24-7-3-21(4-8-24)28-35-26-10-9-25(14-27(26)36-28)34-30(38)31-15-18-11-19(16-31)13-20(12-18)17-31/h1-10,14,18-20H,11-13,15-17H2,(H,33,37)(H,34,38)(H,35,36). The Kier molecular flexibility index (Phi) is 5.35. The van der Waals surface area contributed by atoms with Gasteiger partial charge in [0.05, 0.1) is 16.4 Å². The van der Waals surface area contributed by atoms with Crippen LogP contribution in [0.2, 0.25) is 0 Å². The number of rotatable bonds is 5. The smallest absolute Gasteiger partial charge is 0.255 e. The van der Waals surface area contributed by atoms with E-state index >= 15 is 0 Å². The van der Waals surface area contributed by atoms with E-state index in [-0.39, 0.29) is 23.0 Å². The van der Waals surface area contributed by atoms with Crippen LogP contribution in [-0.2, 0) is 4.79 Å². The molecule has 4 aliphatic carbocycles. The minimum atomic E-state index is -0.381. The lowest BCUT2D eigenvalue weighted by Gasteiger charge is -2.55. The maximum Gasteiger partial charge on any atom is 0.255 e. The second kappa shape index (κ2) is 8.79. The predicted molar refractivity (Wildman–Crippen MR) is 145 cm³/mol. The number of nitrogens with zero attached hydrogens (tertiary/aromatic N) is 1. The fraction of sp³-hybridized carbons (Fsp3) is 0.323. The highest BCUT2D eigenvalue weighted by Gasteiger charge is 2.54. The normalized spacial score (nSPS) is 25.4. The summed E-state index contributed by atoms with van der Waals surface area (Å²) in [5.41, 5.74) is 4.19. The average molecular weight is 509 g/mol. The van der Waals surface area contributed by atoms with Crippen LogP contribution in [0.15, 0.2) is 66.7 Å². The molecule has 4 bridgehead atoms. The van der Waals surface area contributed by atoms with Crippen LogP contribution >= 0.6 is 0 Å². The van der Waals surface area contributed by atoms with E-state index in [1.54, 1.807) is 12.1 Å². The van der Waals surface area contributed by atoms with Crippen LogP contribution in [0.3, 0.4) is 0 Å². The minimum absolute atomic E-state index is 0.184. The average Bonchev–Trinajstić information content (AvgIpc) is 3.32. The number of imidazole rings is 1. The fourth-order valence-corrected chi connectivity index (χ4v) is 7.39. The Bertz CT molecular complexity index is 1510. The molecular weight excluding hydrogens is 479 g/mol. The molecule has 0 spiro atoms. The summed E-state index contributed by atoms with van der Waals surface area (Å²) in [7, 11) is 0. The van der Waals surface area contributed by atoms with Crippen LogP contribution in [0.1, 0.15) is 48.9 Å². The summed E-state index contributed by atoms with van der Waals surface area (Å²) in [6.07, 6.45) is 7.08. The zero-order valence-electron chi connectivity index (χ0n) is 21.0. The predicted octanol–water partition coefficient (Wildman–Crippen LogP) is 6.78. The van der Waals surface area contributed by atoms with Crippen LogP contribution in [0, 0.1) is 29.0 Å². The number of halogens is 1. The number of carbonyl (C=O) groups excluding carboxylic acids is 2. The van der Waals surface area contributed by atoms with Crippen molar-refractivity contribution in [2.24, 2.45) is 23.2 Å². The zero-order valence-corrected chi connectivity index (χ0v) is 21.0. The first kappa shape index (κ1) is 23.1. The molecular formula is C31H29FN4O2. The summed E-state index contributed by atoms with van der Waals surface area (Å²) >= 11 is 0. The van der Waals surface area contributed by atoms with Gasteiger partial charge in [0.1, 0.15) is 11.6 Å². The number of benzene rings is 3. The van der Waals surface area contributed by atoms with E-state index in [1.807, 2.05) is 30.3 Å². The molecule has 0 radical (unpaired) electrons. The highest BCUT2D eigenvalue weighted by atomic mass is 19.1. The lowest BCUT2D eigenvalue weighted by Crippen LogP contribution is -2.51. The molecule has 0 unspecified atom stereocenters. The van der Waals surface area contributed by atoms with Crippen LogP contribution in [0.5, 0.6) is 0 Å². The second-order valence-corrected chi connectivity index (χ2v) is 11.5. The third-order valence-corrected chi connectivity index (χ3v) is 8.78. The van der Waals surface area contributed by atoms with Gasteiger partial charge in [-0.25, -0.2) is 9.37 Å². The van der Waals surface area contributed by atoms with Crippen molar-refractivity contribution in [2.45, 2.75) is 38.5 Å². The van der Waals surface area contributed by atoms with Gasteiger partial charge >= 0.3 is 0 Å². The molecule has 2 amide bonds. The zero-order chi connectivity index (χ0) is 25.9. The number of aromatic nitrogens is 2. The van der Waals surface area contributed by atoms with Gasteiger partial charge in [-0.3, -0.25) is 9.59 Å². The van der Waals surface area contributed by atoms with Crippen molar-refractivity contribution in [2.75, 3.05) is 10.6 Å². The van der Waals surface area contributed by atoms with Crippen LogP contribution in [-0.4, -0.2) is 21.8 Å². The molecule has 192 valence electrons. The van der Waals surface area contributed by atoms with Gasteiger partial charge in [-0.2, -0.15) is 0 Å². The molecule has 8 rings (SSSR count). The molecule has 4 saturated carbocycles. The maximum absolute atomic E-state index is 13.5. The quantitative estimate of drug-likeness (QED) is 0.278. The van der Waals surface area contributed by atoms with Crippen molar-refractivity contribution >= 4 is 34.2 Å². The van der Waals surface area contributed by atoms with Crippen molar-refractivity contribution in [1.82, 2.24) is 9.97 Å². The molecule has 0 aliphatic heterocycles. The third kappa shape index (κ3) is 4.16. The van der Waals surface area contributed by atoms with Gasteiger partial charge in [-0.1, -0.05) is 0 Å². The first-order valence-corrected chi connectivity index (χ1v) is 13.4. The molecule has 1 heterocycles. The Morgan fingerprint density at radius 1 is 0.816 bits per heavy atom. The molecule has 4 aromatic rings. The van der Waals surface area contributed by atoms with Crippen molar-refractivity contribution in [3.05, 3.63) is 78.1 Å². The first-order valence-electron chi connectivity index (χ1n) is 13.4. The number of H-pyrrole nitrogens is 1. The number of carbonyl (C=O) groups is 2. The highest BCUT2D eigenvalue weighted by molar-refractivity contribution is 6.04. The first-order chi connectivity index (χ1) is 18.4. The molecule has 3 aromatic carbocycles. The molecule has 7 heteroatoms. The van der Waals surface area contributed by atoms with Gasteiger partial charge in [0.25, 0.3) is 5.91 Å². The van der Waals surface area contributed by atoms with E-state index < -0.39 is 0 Å². The Balaban J connectivity index is 1.05. The van der Waals surface area contributed by atoms with Gasteiger partial charge in [-0.05, 0) is 123 Å². The number of aromatic amines is 1. The molecule has 6 nitrogen and oxygen atoms in total. The Morgan fingerprint density at radius 2 is 1.45 bits per heavy atom. The van der Waals surface area contributed by atoms with Gasteiger partial charge in [0, 0.05) is 22.5 Å². The number of anilines is 2. The lowest BCUT2D eigenvalue weighted by atomic mass is 9.49. The van der Waals surface area contributed by atoms with Gasteiger partial charge in [-0.15, -0.1) is 0 Å². The molecule has 0 atom stereocenters. The summed E-state index contributed by atoms with van der Waals surface area (Å²) in [4.78, 5) is 33.9. The number of fused-ring (bicyclic) bond motifs is 1. The second-order valence-electron chi connectivity index (χ2n) is 11.5. The highest BCUT2D eigenvalue weighted by Crippen LogP contribution is 2.60. The monoisotopic (exact) mass is 508 g/mol. The number of nitrogens with one attached hydrogen (secondary N) is 3. The molecule has 4 fully saturated rings. The maximum atomic E-state index is 13.5. The lowest BCUT2D eigenvalue weighted by molar-refractivity contribution is -0.140. The van der Waals surface area contributed by atoms with Gasteiger partial charge in [0.2, 0.25) is 5.91 Å². The summed E-state index contributed by atoms with van der Waals surface area (Å²) in [6.45, 7) is 0. The van der Waals surface area contributed by atoms with E-state index in [0.29, 0.717) is 17.1 Å². The van der Waals surface area contributed by atoms with E-state index in [2.05, 4.69) is 15.6 Å². The Morgan fingerprint density at radius 3 is 2.11 bits per heavy atom. The Hall–Kier alpha value is -4.00. The van der Waals surface area contributed by atoms with Crippen molar-refractivity contribution in [1.29, 1.82) is 0 Å². The van der Waals surface area contributed by atoms with Gasteiger partial charge < -0.3 is 15.6 Å². The van der Waals surface area contributed by atoms with Crippen LogP contribution in [0.4, 0.5) is 15.8 Å². The minimum Gasteiger partial charge on any atom is -0.338 e. The summed E-state index contributed by atoms with van der Waals surface area (Å²) in [6, 6.07) is 18.6. The van der Waals surface area contributed by atoms with Gasteiger partial charge in [0.15, 0.2) is 0 Å². The molecule has 38 heavy (non-hydrogen) atoms. The largest absolute Gasteiger partial charge is 0.338 e. The van der Waals surface area contributed by atoms with Crippen LogP contribution in [0.25, 0.3) is 22.4 Å². The molecule has 3 N–H and O–H groups in total. The van der Waals surface area contributed by atoms with Crippen molar-refractivity contribution < 1.29 is 14.0 Å². The molecule has 1 aromatic heterocycles. The summed E-state index contributed by atoms with van der Waals surface area (Å²) in [5, 5.41) is 6.06. The SMILES string of the molecule is O=C(Nc1ccc(-c2nc3ccc(NC(=O)C45CC6CC(CC(C6)C4)C5)cc3[nH]2)cc1)c1ccc(F)cc1. The number of amides is 2. The van der Waals surface area contributed by atoms with E-state index in [0.717, 1.165) is 59.3 Å². The molecule has 4 aliphatic rings. The topological polar surface area (TPSA) is 86.9 Å². The van der Waals surface area contributed by atoms with E-state index in [4.69, 9.17) is 4.98 Å². The fourth-order valence-electron chi connectivity index (χ4n) is 7.39. The van der Waals surface area contributed by atoms with Crippen molar-refractivity contribution in [3.63, 3.8) is 0 Å². The van der Waals surface area contributed by atoms with Crippen molar-refractivity contribution in [3.8, 4) is 11.4 Å².